The molecule has 0 aromatic carbocycles. The van der Waals surface area contributed by atoms with Crippen LogP contribution in [-0.2, 0) is 27.9 Å². The Morgan fingerprint density at radius 2 is 2.50 bits per heavy atom. The van der Waals surface area contributed by atoms with E-state index in [2.05, 4.69) is 19.8 Å². The van der Waals surface area contributed by atoms with Crippen LogP contribution >= 0.6 is 11.5 Å². The number of aromatic nitrogens is 4. The zero-order valence-corrected chi connectivity index (χ0v) is 13.2. The van der Waals surface area contributed by atoms with E-state index >= 15 is 0 Å². The van der Waals surface area contributed by atoms with Crippen molar-refractivity contribution in [2.75, 3.05) is 19.0 Å². The van der Waals surface area contributed by atoms with Crippen LogP contribution in [0.1, 0.15) is 24.0 Å². The number of hydrogen-bond donors (Lipinski definition) is 1. The molecule has 2 aromatic rings. The van der Waals surface area contributed by atoms with Gasteiger partial charge in [0.25, 0.3) is 0 Å². The highest BCUT2D eigenvalue weighted by molar-refractivity contribution is 7.09. The summed E-state index contributed by atoms with van der Waals surface area (Å²) in [6, 6.07) is 1.87. The van der Waals surface area contributed by atoms with E-state index in [0.29, 0.717) is 30.6 Å². The fraction of sp³-hybridized carbons (Fsp3) is 0.538. The molecule has 1 saturated heterocycles. The van der Waals surface area contributed by atoms with Crippen LogP contribution in [0.15, 0.2) is 12.3 Å². The number of hydrogen-bond acceptors (Lipinski definition) is 7. The second-order valence-electron chi connectivity index (χ2n) is 5.00. The van der Waals surface area contributed by atoms with E-state index < -0.39 is 0 Å². The number of carbonyl (C=O) groups excluding carboxylic acids is 1. The second-order valence-corrected chi connectivity index (χ2v) is 5.76. The average Bonchev–Trinajstić information content (AvgIpc) is 3.19. The Morgan fingerprint density at radius 3 is 3.23 bits per heavy atom. The van der Waals surface area contributed by atoms with Gasteiger partial charge in [0.1, 0.15) is 12.7 Å². The molecule has 9 heteroatoms. The maximum absolute atomic E-state index is 12.5. The summed E-state index contributed by atoms with van der Waals surface area (Å²) in [6.45, 7) is 0.884. The lowest BCUT2D eigenvalue weighted by molar-refractivity contribution is -0.121. The smallest absolute Gasteiger partial charge is 0.232 e. The van der Waals surface area contributed by atoms with Crippen LogP contribution in [0.25, 0.3) is 0 Å². The molecule has 8 nitrogen and oxygen atoms in total. The van der Waals surface area contributed by atoms with E-state index in [1.165, 1.54) is 0 Å². The van der Waals surface area contributed by atoms with Gasteiger partial charge in [-0.1, -0.05) is 0 Å². The molecule has 0 spiro atoms. The van der Waals surface area contributed by atoms with Crippen LogP contribution in [0.4, 0.5) is 5.13 Å². The molecule has 1 aliphatic heterocycles. The lowest BCUT2D eigenvalue weighted by atomic mass is 9.98. The number of anilines is 1. The zero-order valence-electron chi connectivity index (χ0n) is 12.4. The van der Waals surface area contributed by atoms with Crippen molar-refractivity contribution >= 4 is 22.6 Å². The molecular weight excluding hydrogens is 306 g/mol. The Kier molecular flexibility index (Phi) is 4.46. The monoisotopic (exact) mass is 323 g/mol. The largest absolute Gasteiger partial charge is 0.377 e. The molecule has 0 bridgehead atoms. The molecule has 2 aromatic heterocycles. The third-order valence-corrected chi connectivity index (χ3v) is 4.22. The summed E-state index contributed by atoms with van der Waals surface area (Å²) in [5.41, 5.74) is 0.898. The van der Waals surface area contributed by atoms with E-state index in [1.807, 2.05) is 13.1 Å². The van der Waals surface area contributed by atoms with Gasteiger partial charge >= 0.3 is 0 Å². The summed E-state index contributed by atoms with van der Waals surface area (Å²) >= 11 is 1.15. The highest BCUT2D eigenvalue weighted by Crippen LogP contribution is 2.35. The number of ether oxygens (including phenoxy) is 2. The Hall–Kier alpha value is -1.84. The third kappa shape index (κ3) is 3.01. The summed E-state index contributed by atoms with van der Waals surface area (Å²) in [5.74, 6) is 0.197. The molecule has 1 aliphatic rings. The SMILES string of the molecule is COCc1nsc(NC(=O)[C@@H]2CCO[C@H]2c2ccnn2C)n1. The van der Waals surface area contributed by atoms with Crippen LogP contribution < -0.4 is 5.32 Å². The van der Waals surface area contributed by atoms with Crippen molar-refractivity contribution in [1.82, 2.24) is 19.1 Å². The van der Waals surface area contributed by atoms with E-state index in [-0.39, 0.29) is 17.9 Å². The van der Waals surface area contributed by atoms with E-state index in [0.717, 1.165) is 17.2 Å². The maximum Gasteiger partial charge on any atom is 0.232 e. The Morgan fingerprint density at radius 1 is 1.64 bits per heavy atom. The van der Waals surface area contributed by atoms with Crippen LogP contribution in [0, 0.1) is 5.92 Å². The van der Waals surface area contributed by atoms with Gasteiger partial charge in [0.2, 0.25) is 11.0 Å². The number of rotatable bonds is 5. The van der Waals surface area contributed by atoms with Gasteiger partial charge in [-0.25, -0.2) is 4.98 Å². The number of aryl methyl sites for hydroxylation is 1. The number of nitrogens with one attached hydrogen (secondary N) is 1. The van der Waals surface area contributed by atoms with Gasteiger partial charge in [-0.3, -0.25) is 9.48 Å². The molecule has 3 rings (SSSR count). The quantitative estimate of drug-likeness (QED) is 0.887. The summed E-state index contributed by atoms with van der Waals surface area (Å²) < 4.78 is 16.5. The minimum absolute atomic E-state index is 0.108. The lowest BCUT2D eigenvalue weighted by Gasteiger charge is -2.17. The van der Waals surface area contributed by atoms with E-state index in [9.17, 15) is 4.79 Å². The van der Waals surface area contributed by atoms with Crippen LogP contribution in [0.3, 0.4) is 0 Å². The predicted molar refractivity (Wildman–Crippen MR) is 79.3 cm³/mol. The molecule has 1 fully saturated rings. The normalized spacial score (nSPS) is 21.2. The summed E-state index contributed by atoms with van der Waals surface area (Å²) in [6.07, 6.45) is 2.10. The first-order chi connectivity index (χ1) is 10.7. The van der Waals surface area contributed by atoms with Crippen molar-refractivity contribution in [2.24, 2.45) is 13.0 Å². The standard InChI is InChI=1S/C13H17N5O3S/c1-18-9(3-5-14-18)11-8(4-6-21-11)12(19)16-13-15-10(7-20-2)17-22-13/h3,5,8,11H,4,6-7H2,1-2H3,(H,15,16,17,19)/t8-,11-/m1/s1. The number of nitrogens with zero attached hydrogens (tertiary/aromatic N) is 4. The van der Waals surface area contributed by atoms with Gasteiger partial charge in [0.05, 0.1) is 11.6 Å². The fourth-order valence-electron chi connectivity index (χ4n) is 2.50. The number of amides is 1. The van der Waals surface area contributed by atoms with Gasteiger partial charge in [-0.2, -0.15) is 9.47 Å². The maximum atomic E-state index is 12.5. The van der Waals surface area contributed by atoms with Crippen molar-refractivity contribution in [3.8, 4) is 0 Å². The first kappa shape index (κ1) is 15.1. The van der Waals surface area contributed by atoms with Crippen molar-refractivity contribution in [1.29, 1.82) is 0 Å². The molecule has 1 amide bonds. The minimum atomic E-state index is -0.279. The van der Waals surface area contributed by atoms with Crippen LogP contribution in [-0.4, -0.2) is 38.8 Å². The molecule has 1 N–H and O–H groups in total. The Bertz CT molecular complexity index is 656. The van der Waals surface area contributed by atoms with Gasteiger partial charge in [0.15, 0.2) is 5.82 Å². The third-order valence-electron chi connectivity index (χ3n) is 3.55. The fourth-order valence-corrected chi connectivity index (χ4v) is 3.08. The molecule has 3 heterocycles. The lowest BCUT2D eigenvalue weighted by Crippen LogP contribution is -2.26. The second kappa shape index (κ2) is 6.51. The van der Waals surface area contributed by atoms with Crippen LogP contribution in [0.2, 0.25) is 0 Å². The molecular formula is C13H17N5O3S. The van der Waals surface area contributed by atoms with Gasteiger partial charge in [-0.05, 0) is 12.5 Å². The molecule has 0 radical (unpaired) electrons. The Balaban J connectivity index is 1.69. The van der Waals surface area contributed by atoms with Gasteiger partial charge in [-0.15, -0.1) is 0 Å². The van der Waals surface area contributed by atoms with Crippen molar-refractivity contribution in [3.05, 3.63) is 23.8 Å². The first-order valence-corrected chi connectivity index (χ1v) is 7.68. The highest BCUT2D eigenvalue weighted by Gasteiger charge is 2.37. The van der Waals surface area contributed by atoms with Crippen molar-refractivity contribution in [2.45, 2.75) is 19.1 Å². The topological polar surface area (TPSA) is 91.2 Å². The number of carbonyl (C=O) groups is 1. The first-order valence-electron chi connectivity index (χ1n) is 6.91. The van der Waals surface area contributed by atoms with E-state index in [4.69, 9.17) is 9.47 Å². The summed E-state index contributed by atoms with van der Waals surface area (Å²) in [4.78, 5) is 16.7. The highest BCUT2D eigenvalue weighted by atomic mass is 32.1. The molecule has 0 unspecified atom stereocenters. The zero-order chi connectivity index (χ0) is 15.5. The average molecular weight is 323 g/mol. The molecule has 22 heavy (non-hydrogen) atoms. The number of methoxy groups -OCH3 is 1. The van der Waals surface area contributed by atoms with Crippen LogP contribution in [0.5, 0.6) is 0 Å². The van der Waals surface area contributed by atoms with Crippen molar-refractivity contribution < 1.29 is 14.3 Å². The summed E-state index contributed by atoms with van der Waals surface area (Å²) in [5, 5.41) is 7.43. The van der Waals surface area contributed by atoms with Crippen molar-refractivity contribution in [3.63, 3.8) is 0 Å². The van der Waals surface area contributed by atoms with Gasteiger partial charge in [0, 0.05) is 38.5 Å². The van der Waals surface area contributed by atoms with E-state index in [1.54, 1.807) is 18.0 Å². The molecule has 0 aliphatic carbocycles. The Labute approximate surface area is 131 Å². The summed E-state index contributed by atoms with van der Waals surface area (Å²) in [7, 11) is 3.42. The van der Waals surface area contributed by atoms with Gasteiger partial charge < -0.3 is 14.8 Å². The predicted octanol–water partition coefficient (Wildman–Crippen LogP) is 1.13. The molecule has 2 atom stereocenters. The molecule has 118 valence electrons. The minimum Gasteiger partial charge on any atom is -0.377 e. The molecule has 0 saturated carbocycles.